The second-order valence-electron chi connectivity index (χ2n) is 4.16. The first-order valence-corrected chi connectivity index (χ1v) is 6.17. The maximum atomic E-state index is 11.4. The molecule has 0 bridgehead atoms. The van der Waals surface area contributed by atoms with Gasteiger partial charge in [0.2, 0.25) is 0 Å². The zero-order valence-corrected chi connectivity index (χ0v) is 10.0. The molecule has 2 rings (SSSR count). The largest absolute Gasteiger partial charge is 0.302 e. The smallest absolute Gasteiger partial charge is 0.130 e. The van der Waals surface area contributed by atoms with Crippen LogP contribution < -0.4 is 0 Å². The van der Waals surface area contributed by atoms with Gasteiger partial charge in [-0.3, -0.25) is 0 Å². The molecule has 1 aromatic carbocycles. The van der Waals surface area contributed by atoms with Gasteiger partial charge in [-0.15, -0.1) is 11.3 Å². The van der Waals surface area contributed by atoms with Gasteiger partial charge in [-0.1, -0.05) is 36.4 Å². The Morgan fingerprint density at radius 3 is 2.50 bits per heavy atom. The van der Waals surface area contributed by atoms with Gasteiger partial charge >= 0.3 is 0 Å². The predicted octanol–water partition coefficient (Wildman–Crippen LogP) is 3.45. The third-order valence-electron chi connectivity index (χ3n) is 2.81. The van der Waals surface area contributed by atoms with Gasteiger partial charge in [-0.05, 0) is 30.4 Å². The summed E-state index contributed by atoms with van der Waals surface area (Å²) in [5.74, 6) is 0. The zero-order valence-electron chi connectivity index (χ0n) is 9.22. The number of hydrogen-bond acceptors (Lipinski definition) is 2. The van der Waals surface area contributed by atoms with Crippen LogP contribution in [0.5, 0.6) is 0 Å². The van der Waals surface area contributed by atoms with E-state index in [4.69, 9.17) is 0 Å². The molecule has 0 radical (unpaired) electrons. The Bertz CT molecular complexity index is 447. The van der Waals surface area contributed by atoms with Crippen molar-refractivity contribution in [2.45, 2.75) is 18.8 Å². The van der Waals surface area contributed by atoms with Crippen molar-refractivity contribution in [2.75, 3.05) is 0 Å². The molecule has 0 spiro atoms. The zero-order chi connectivity index (χ0) is 11.4. The Labute approximate surface area is 99.8 Å². The molecule has 2 heteroatoms. The average molecular weight is 230 g/mol. The van der Waals surface area contributed by atoms with Crippen LogP contribution in [-0.4, -0.2) is 6.29 Å². The quantitative estimate of drug-likeness (QED) is 0.735. The van der Waals surface area contributed by atoms with E-state index in [1.807, 2.05) is 48.7 Å². The van der Waals surface area contributed by atoms with Crippen LogP contribution in [0.25, 0.3) is 0 Å². The van der Waals surface area contributed by atoms with Crippen molar-refractivity contribution >= 4 is 17.6 Å². The second-order valence-corrected chi connectivity index (χ2v) is 5.19. The first-order chi connectivity index (χ1) is 7.74. The lowest BCUT2D eigenvalue weighted by Gasteiger charge is -2.22. The summed E-state index contributed by atoms with van der Waals surface area (Å²) in [7, 11) is 0. The fourth-order valence-corrected chi connectivity index (χ4v) is 2.68. The van der Waals surface area contributed by atoms with E-state index < -0.39 is 5.41 Å². The molecule has 0 fully saturated rings. The predicted molar refractivity (Wildman–Crippen MR) is 67.9 cm³/mol. The van der Waals surface area contributed by atoms with Gasteiger partial charge in [0.15, 0.2) is 0 Å². The van der Waals surface area contributed by atoms with E-state index >= 15 is 0 Å². The lowest BCUT2D eigenvalue weighted by Crippen LogP contribution is -2.26. The maximum absolute atomic E-state index is 11.4. The minimum atomic E-state index is -0.411. The fourth-order valence-electron chi connectivity index (χ4n) is 1.81. The Hall–Kier alpha value is -1.41. The molecule has 0 saturated heterocycles. The molecule has 0 saturated carbocycles. The van der Waals surface area contributed by atoms with E-state index in [0.717, 1.165) is 18.3 Å². The van der Waals surface area contributed by atoms with Gasteiger partial charge in [-0.25, -0.2) is 0 Å². The van der Waals surface area contributed by atoms with Gasteiger partial charge in [-0.2, -0.15) is 0 Å². The molecular formula is C14H14OS. The van der Waals surface area contributed by atoms with E-state index in [1.54, 1.807) is 11.3 Å². The summed E-state index contributed by atoms with van der Waals surface area (Å²) < 4.78 is 0. The molecule has 1 unspecified atom stereocenters. The van der Waals surface area contributed by atoms with Crippen LogP contribution in [0.1, 0.15) is 17.4 Å². The SMILES string of the molecule is CC(C=O)(Cc1cccs1)c1ccccc1. The summed E-state index contributed by atoms with van der Waals surface area (Å²) in [5, 5.41) is 2.05. The van der Waals surface area contributed by atoms with Crippen LogP contribution in [-0.2, 0) is 16.6 Å². The molecule has 0 N–H and O–H groups in total. The molecule has 2 aromatic rings. The minimum absolute atomic E-state index is 0.411. The molecule has 1 aromatic heterocycles. The normalized spacial score (nSPS) is 14.3. The van der Waals surface area contributed by atoms with Crippen LogP contribution in [0, 0.1) is 0 Å². The summed E-state index contributed by atoms with van der Waals surface area (Å²) in [6, 6.07) is 14.1. The molecule has 1 nitrogen and oxygen atoms in total. The number of benzene rings is 1. The lowest BCUT2D eigenvalue weighted by atomic mass is 9.80. The van der Waals surface area contributed by atoms with Crippen molar-refractivity contribution in [1.82, 2.24) is 0 Å². The summed E-state index contributed by atoms with van der Waals surface area (Å²) in [4.78, 5) is 12.6. The number of rotatable bonds is 4. The topological polar surface area (TPSA) is 17.1 Å². The van der Waals surface area contributed by atoms with Crippen molar-refractivity contribution in [1.29, 1.82) is 0 Å². The van der Waals surface area contributed by atoms with Crippen LogP contribution in [0.3, 0.4) is 0 Å². The molecule has 16 heavy (non-hydrogen) atoms. The van der Waals surface area contributed by atoms with Crippen molar-refractivity contribution < 1.29 is 4.79 Å². The lowest BCUT2D eigenvalue weighted by molar-refractivity contribution is -0.112. The Balaban J connectivity index is 2.29. The molecule has 1 heterocycles. The molecule has 0 amide bonds. The highest BCUT2D eigenvalue weighted by Gasteiger charge is 2.26. The van der Waals surface area contributed by atoms with Gasteiger partial charge in [0.1, 0.15) is 6.29 Å². The Kier molecular flexibility index (Phi) is 3.20. The molecule has 82 valence electrons. The summed E-state index contributed by atoms with van der Waals surface area (Å²) in [6.45, 7) is 2.00. The van der Waals surface area contributed by atoms with Crippen LogP contribution >= 0.6 is 11.3 Å². The standard InChI is InChI=1S/C14H14OS/c1-14(11-15,10-13-8-5-9-16-13)12-6-3-2-4-7-12/h2-9,11H,10H2,1H3. The average Bonchev–Trinajstić information content (AvgIpc) is 2.83. The Morgan fingerprint density at radius 1 is 1.19 bits per heavy atom. The first-order valence-electron chi connectivity index (χ1n) is 5.29. The maximum Gasteiger partial charge on any atom is 0.130 e. The highest BCUT2D eigenvalue weighted by molar-refractivity contribution is 7.09. The van der Waals surface area contributed by atoms with E-state index in [2.05, 4.69) is 6.07 Å². The Morgan fingerprint density at radius 2 is 1.94 bits per heavy atom. The number of hydrogen-bond donors (Lipinski definition) is 0. The van der Waals surface area contributed by atoms with Gasteiger partial charge < -0.3 is 4.79 Å². The number of carbonyl (C=O) groups is 1. The molecule has 1 atom stereocenters. The van der Waals surface area contributed by atoms with Crippen molar-refractivity contribution in [3.8, 4) is 0 Å². The highest BCUT2D eigenvalue weighted by atomic mass is 32.1. The van der Waals surface area contributed by atoms with Crippen molar-refractivity contribution in [2.24, 2.45) is 0 Å². The molecule has 0 aliphatic carbocycles. The van der Waals surface area contributed by atoms with Gasteiger partial charge in [0.25, 0.3) is 0 Å². The van der Waals surface area contributed by atoms with Crippen LogP contribution in [0.2, 0.25) is 0 Å². The summed E-state index contributed by atoms with van der Waals surface area (Å²) >= 11 is 1.70. The summed E-state index contributed by atoms with van der Waals surface area (Å²) in [6.07, 6.45) is 1.83. The molecular weight excluding hydrogens is 216 g/mol. The van der Waals surface area contributed by atoms with Gasteiger partial charge in [0, 0.05) is 4.88 Å². The molecule has 0 aliphatic heterocycles. The van der Waals surface area contributed by atoms with E-state index in [0.29, 0.717) is 0 Å². The van der Waals surface area contributed by atoms with E-state index in [9.17, 15) is 4.79 Å². The second kappa shape index (κ2) is 4.62. The number of aldehydes is 1. The number of carbonyl (C=O) groups excluding carboxylic acids is 1. The summed E-state index contributed by atoms with van der Waals surface area (Å²) in [5.41, 5.74) is 0.671. The first kappa shape index (κ1) is 11.1. The number of thiophene rings is 1. The van der Waals surface area contributed by atoms with Crippen LogP contribution in [0.4, 0.5) is 0 Å². The highest BCUT2D eigenvalue weighted by Crippen LogP contribution is 2.27. The fraction of sp³-hybridized carbons (Fsp3) is 0.214. The molecule has 0 aliphatic rings. The minimum Gasteiger partial charge on any atom is -0.302 e. The monoisotopic (exact) mass is 230 g/mol. The van der Waals surface area contributed by atoms with E-state index in [-0.39, 0.29) is 0 Å². The third-order valence-corrected chi connectivity index (χ3v) is 3.69. The van der Waals surface area contributed by atoms with E-state index in [1.165, 1.54) is 4.88 Å². The van der Waals surface area contributed by atoms with Crippen LogP contribution in [0.15, 0.2) is 47.8 Å². The van der Waals surface area contributed by atoms with Crippen molar-refractivity contribution in [3.05, 3.63) is 58.3 Å². The third kappa shape index (κ3) is 2.22. The van der Waals surface area contributed by atoms with Crippen molar-refractivity contribution in [3.63, 3.8) is 0 Å². The van der Waals surface area contributed by atoms with Gasteiger partial charge in [0.05, 0.1) is 5.41 Å².